The van der Waals surface area contributed by atoms with Crippen molar-refractivity contribution in [1.29, 1.82) is 0 Å². The van der Waals surface area contributed by atoms with Crippen LogP contribution in [0.2, 0.25) is 0 Å². The van der Waals surface area contributed by atoms with Crippen LogP contribution in [0.5, 0.6) is 0 Å². The van der Waals surface area contributed by atoms with Gasteiger partial charge >= 0.3 is 0 Å². The summed E-state index contributed by atoms with van der Waals surface area (Å²) in [5.41, 5.74) is 6.84. The Bertz CT molecular complexity index is 313. The molecule has 0 unspecified atom stereocenters. The highest BCUT2D eigenvalue weighted by molar-refractivity contribution is 5.80. The van der Waals surface area contributed by atoms with Gasteiger partial charge in [-0.2, -0.15) is 0 Å². The maximum atomic E-state index is 11.1. The first kappa shape index (κ1) is 10.3. The molecule has 1 heterocycles. The Morgan fingerprint density at radius 1 is 1.57 bits per heavy atom. The van der Waals surface area contributed by atoms with E-state index in [0.717, 1.165) is 5.69 Å². The van der Waals surface area contributed by atoms with Gasteiger partial charge in [0.15, 0.2) is 0 Å². The quantitative estimate of drug-likeness (QED) is 0.640. The molecule has 0 fully saturated rings. The number of aromatic nitrogens is 1. The van der Waals surface area contributed by atoms with Gasteiger partial charge in [0.25, 0.3) is 0 Å². The van der Waals surface area contributed by atoms with E-state index in [0.29, 0.717) is 12.2 Å². The Morgan fingerprint density at radius 3 is 3.00 bits per heavy atom. The molecule has 0 aliphatic heterocycles. The average molecular weight is 194 g/mol. The van der Waals surface area contributed by atoms with Crippen LogP contribution in [0.1, 0.15) is 6.92 Å². The lowest BCUT2D eigenvalue weighted by Crippen LogP contribution is -2.29. The number of anilines is 2. The number of nitrogen functional groups attached to an aromatic ring is 1. The van der Waals surface area contributed by atoms with Crippen LogP contribution in [0.25, 0.3) is 0 Å². The first-order valence-corrected chi connectivity index (χ1v) is 4.43. The van der Waals surface area contributed by atoms with Gasteiger partial charge in [-0.05, 0) is 13.0 Å². The zero-order valence-corrected chi connectivity index (χ0v) is 8.08. The van der Waals surface area contributed by atoms with Crippen LogP contribution in [0, 0.1) is 0 Å². The zero-order valence-electron chi connectivity index (χ0n) is 8.08. The number of nitrogens with one attached hydrogen (secondary N) is 2. The zero-order chi connectivity index (χ0) is 10.4. The van der Waals surface area contributed by atoms with Crippen LogP contribution in [0.15, 0.2) is 18.5 Å². The van der Waals surface area contributed by atoms with Crippen molar-refractivity contribution >= 4 is 17.3 Å². The van der Waals surface area contributed by atoms with E-state index in [1.807, 2.05) is 6.92 Å². The van der Waals surface area contributed by atoms with E-state index in [1.165, 1.54) is 0 Å². The van der Waals surface area contributed by atoms with Gasteiger partial charge < -0.3 is 16.4 Å². The third-order valence-corrected chi connectivity index (χ3v) is 1.59. The normalized spacial score (nSPS) is 9.50. The van der Waals surface area contributed by atoms with E-state index in [9.17, 15) is 4.79 Å². The van der Waals surface area contributed by atoms with E-state index in [1.54, 1.807) is 18.5 Å². The number of hydrogen-bond acceptors (Lipinski definition) is 4. The number of pyridine rings is 1. The number of likely N-dealkylation sites (N-methyl/N-ethyl adjacent to an activating group) is 1. The van der Waals surface area contributed by atoms with Crippen LogP contribution < -0.4 is 16.4 Å². The van der Waals surface area contributed by atoms with Gasteiger partial charge in [-0.3, -0.25) is 9.78 Å². The van der Waals surface area contributed by atoms with Crippen LogP contribution in [0.4, 0.5) is 11.4 Å². The van der Waals surface area contributed by atoms with E-state index >= 15 is 0 Å². The van der Waals surface area contributed by atoms with E-state index in [4.69, 9.17) is 5.73 Å². The lowest BCUT2D eigenvalue weighted by atomic mass is 10.4. The van der Waals surface area contributed by atoms with Crippen molar-refractivity contribution in [1.82, 2.24) is 10.3 Å². The van der Waals surface area contributed by atoms with E-state index < -0.39 is 0 Å². The highest BCUT2D eigenvalue weighted by Gasteiger charge is 1.98. The molecule has 0 aromatic carbocycles. The fourth-order valence-corrected chi connectivity index (χ4v) is 0.996. The fourth-order valence-electron chi connectivity index (χ4n) is 0.996. The monoisotopic (exact) mass is 194 g/mol. The number of amides is 1. The maximum Gasteiger partial charge on any atom is 0.239 e. The molecule has 0 saturated carbocycles. The van der Waals surface area contributed by atoms with Gasteiger partial charge in [0, 0.05) is 12.7 Å². The second-order valence-corrected chi connectivity index (χ2v) is 2.81. The SMILES string of the molecule is CCNC(=O)CNc1cncc(N)c1. The molecule has 5 nitrogen and oxygen atoms in total. The summed E-state index contributed by atoms with van der Waals surface area (Å²) >= 11 is 0. The third-order valence-electron chi connectivity index (χ3n) is 1.59. The molecular formula is C9H14N4O. The van der Waals surface area contributed by atoms with Crippen LogP contribution in [-0.4, -0.2) is 24.0 Å². The average Bonchev–Trinajstić information content (AvgIpc) is 2.15. The second kappa shape index (κ2) is 5.06. The molecule has 0 atom stereocenters. The van der Waals surface area contributed by atoms with Crippen LogP contribution in [-0.2, 0) is 4.79 Å². The Hall–Kier alpha value is -1.78. The van der Waals surface area contributed by atoms with Crippen molar-refractivity contribution in [3.8, 4) is 0 Å². The number of carbonyl (C=O) groups excluding carboxylic acids is 1. The Balaban J connectivity index is 2.41. The summed E-state index contributed by atoms with van der Waals surface area (Å²) in [5, 5.41) is 5.59. The minimum Gasteiger partial charge on any atom is -0.397 e. The smallest absolute Gasteiger partial charge is 0.239 e. The summed E-state index contributed by atoms with van der Waals surface area (Å²) in [4.78, 5) is 15.0. The van der Waals surface area contributed by atoms with Gasteiger partial charge in [0.2, 0.25) is 5.91 Å². The summed E-state index contributed by atoms with van der Waals surface area (Å²) in [5.74, 6) is -0.0464. The number of nitrogens with two attached hydrogens (primary N) is 1. The molecular weight excluding hydrogens is 180 g/mol. The third kappa shape index (κ3) is 3.30. The standard InChI is InChI=1S/C9H14N4O/c1-2-12-9(14)6-13-8-3-7(10)4-11-5-8/h3-5,13H,2,6,10H2,1H3,(H,12,14). The molecule has 0 bridgehead atoms. The van der Waals surface area contributed by atoms with Gasteiger partial charge in [-0.25, -0.2) is 0 Å². The Kier molecular flexibility index (Phi) is 3.72. The minimum atomic E-state index is -0.0464. The molecule has 14 heavy (non-hydrogen) atoms. The first-order chi connectivity index (χ1) is 6.72. The van der Waals surface area contributed by atoms with Gasteiger partial charge in [-0.1, -0.05) is 0 Å². The molecule has 5 heteroatoms. The van der Waals surface area contributed by atoms with Crippen molar-refractivity contribution in [2.75, 3.05) is 24.1 Å². The maximum absolute atomic E-state index is 11.1. The molecule has 0 aliphatic carbocycles. The van der Waals surface area contributed by atoms with Crippen molar-refractivity contribution in [3.63, 3.8) is 0 Å². The van der Waals surface area contributed by atoms with Gasteiger partial charge in [-0.15, -0.1) is 0 Å². The van der Waals surface area contributed by atoms with E-state index in [2.05, 4.69) is 15.6 Å². The van der Waals surface area contributed by atoms with Crippen molar-refractivity contribution in [3.05, 3.63) is 18.5 Å². The summed E-state index contributed by atoms with van der Waals surface area (Å²) in [6.07, 6.45) is 3.17. The molecule has 4 N–H and O–H groups in total. The lowest BCUT2D eigenvalue weighted by Gasteiger charge is -2.05. The number of hydrogen-bond donors (Lipinski definition) is 3. The highest BCUT2D eigenvalue weighted by Crippen LogP contribution is 2.08. The molecule has 1 rings (SSSR count). The summed E-state index contributed by atoms with van der Waals surface area (Å²) in [7, 11) is 0. The van der Waals surface area contributed by atoms with E-state index in [-0.39, 0.29) is 12.5 Å². The first-order valence-electron chi connectivity index (χ1n) is 4.43. The number of rotatable bonds is 4. The summed E-state index contributed by atoms with van der Waals surface area (Å²) in [6, 6.07) is 1.73. The molecule has 0 spiro atoms. The predicted molar refractivity (Wildman–Crippen MR) is 55.8 cm³/mol. The van der Waals surface area contributed by atoms with Crippen molar-refractivity contribution < 1.29 is 4.79 Å². The fraction of sp³-hybridized carbons (Fsp3) is 0.333. The topological polar surface area (TPSA) is 80.0 Å². The number of carbonyl (C=O) groups is 1. The summed E-state index contributed by atoms with van der Waals surface area (Å²) in [6.45, 7) is 2.74. The lowest BCUT2D eigenvalue weighted by molar-refractivity contribution is -0.119. The van der Waals surface area contributed by atoms with Crippen LogP contribution in [0.3, 0.4) is 0 Å². The van der Waals surface area contributed by atoms with Crippen molar-refractivity contribution in [2.45, 2.75) is 6.92 Å². The predicted octanol–water partition coefficient (Wildman–Crippen LogP) is 0.212. The van der Waals surface area contributed by atoms with Gasteiger partial charge in [0.05, 0.1) is 24.1 Å². The molecule has 0 aliphatic rings. The Morgan fingerprint density at radius 2 is 2.36 bits per heavy atom. The molecule has 1 amide bonds. The van der Waals surface area contributed by atoms with Crippen LogP contribution >= 0.6 is 0 Å². The molecule has 1 aromatic rings. The molecule has 76 valence electrons. The minimum absolute atomic E-state index is 0.0464. The Labute approximate surface area is 82.7 Å². The molecule has 0 saturated heterocycles. The largest absolute Gasteiger partial charge is 0.397 e. The highest BCUT2D eigenvalue weighted by atomic mass is 16.1. The molecule has 1 aromatic heterocycles. The van der Waals surface area contributed by atoms with Crippen molar-refractivity contribution in [2.24, 2.45) is 0 Å². The second-order valence-electron chi connectivity index (χ2n) is 2.81. The van der Waals surface area contributed by atoms with Gasteiger partial charge in [0.1, 0.15) is 0 Å². The molecule has 0 radical (unpaired) electrons. The number of nitrogens with zero attached hydrogens (tertiary/aromatic N) is 1. The summed E-state index contributed by atoms with van der Waals surface area (Å²) < 4.78 is 0.